The maximum Gasteiger partial charge on any atom is 0.165 e. The Morgan fingerprint density at radius 2 is 2.06 bits per heavy atom. The molecule has 1 unspecified atom stereocenters. The van der Waals surface area contributed by atoms with Crippen LogP contribution >= 0.6 is 0 Å². The van der Waals surface area contributed by atoms with Gasteiger partial charge in [-0.05, 0) is 54.0 Å². The molecule has 1 aromatic carbocycles. The molecule has 178 valence electrons. The number of halogens is 2. The van der Waals surface area contributed by atoms with Gasteiger partial charge >= 0.3 is 0 Å². The van der Waals surface area contributed by atoms with Gasteiger partial charge in [0.25, 0.3) is 0 Å². The van der Waals surface area contributed by atoms with Gasteiger partial charge in [-0.2, -0.15) is 0 Å². The number of rotatable bonds is 8. The number of pyridine rings is 1. The van der Waals surface area contributed by atoms with Crippen LogP contribution in [0.3, 0.4) is 0 Å². The van der Waals surface area contributed by atoms with Crippen LogP contribution in [0.25, 0.3) is 5.57 Å². The SMILES string of the molecule is C=C1C(C2CC2)CCN1c1cc(NCC(=O)Cc2cc(F)cc(C3=CN(C)NC3)c2)ncc1F. The zero-order chi connectivity index (χ0) is 23.8. The molecule has 3 aliphatic rings. The van der Waals surface area contributed by atoms with Crippen LogP contribution in [0.5, 0.6) is 0 Å². The molecule has 0 spiro atoms. The number of carbonyl (C=O) groups is 1. The zero-order valence-corrected chi connectivity index (χ0v) is 19.3. The number of hydrazine groups is 1. The van der Waals surface area contributed by atoms with E-state index in [1.807, 2.05) is 29.2 Å². The molecule has 3 heterocycles. The molecule has 1 saturated heterocycles. The lowest BCUT2D eigenvalue weighted by Crippen LogP contribution is -2.23. The van der Waals surface area contributed by atoms with E-state index < -0.39 is 5.82 Å². The summed E-state index contributed by atoms with van der Waals surface area (Å²) in [5.41, 5.74) is 6.87. The lowest BCUT2D eigenvalue weighted by molar-refractivity contribution is -0.116. The first-order valence-electron chi connectivity index (χ1n) is 11.7. The highest BCUT2D eigenvalue weighted by atomic mass is 19.1. The molecule has 5 rings (SSSR count). The number of Topliss-reactive ketones (excluding diaryl/α,β-unsaturated/α-hetero) is 1. The molecule has 2 aliphatic heterocycles. The van der Waals surface area contributed by atoms with Crippen LogP contribution in [-0.4, -0.2) is 42.5 Å². The molecule has 1 aromatic heterocycles. The average molecular weight is 466 g/mol. The van der Waals surface area contributed by atoms with Crippen LogP contribution in [-0.2, 0) is 11.2 Å². The van der Waals surface area contributed by atoms with E-state index >= 15 is 0 Å². The number of nitrogens with zero attached hydrogens (tertiary/aromatic N) is 3. The van der Waals surface area contributed by atoms with E-state index in [2.05, 4.69) is 22.3 Å². The molecule has 6 nitrogen and oxygen atoms in total. The Morgan fingerprint density at radius 1 is 1.24 bits per heavy atom. The number of allylic oxidation sites excluding steroid dienone is 1. The Kier molecular flexibility index (Phi) is 6.08. The van der Waals surface area contributed by atoms with Crippen LogP contribution in [0.4, 0.5) is 20.3 Å². The summed E-state index contributed by atoms with van der Waals surface area (Å²) in [6.45, 7) is 5.58. The number of anilines is 2. The van der Waals surface area contributed by atoms with Crippen molar-refractivity contribution < 1.29 is 13.6 Å². The van der Waals surface area contributed by atoms with Crippen molar-refractivity contribution in [2.75, 3.05) is 36.9 Å². The number of hydrogen-bond acceptors (Lipinski definition) is 6. The fourth-order valence-electron chi connectivity index (χ4n) is 4.92. The monoisotopic (exact) mass is 465 g/mol. The Labute approximate surface area is 198 Å². The Bertz CT molecular complexity index is 1160. The summed E-state index contributed by atoms with van der Waals surface area (Å²) < 4.78 is 28.7. The van der Waals surface area contributed by atoms with E-state index in [4.69, 9.17) is 0 Å². The van der Waals surface area contributed by atoms with Crippen molar-refractivity contribution in [3.8, 4) is 0 Å². The van der Waals surface area contributed by atoms with E-state index in [0.717, 1.165) is 29.8 Å². The van der Waals surface area contributed by atoms with E-state index in [1.54, 1.807) is 6.07 Å². The number of aromatic nitrogens is 1. The van der Waals surface area contributed by atoms with Crippen LogP contribution in [0.1, 0.15) is 30.4 Å². The predicted octanol–water partition coefficient (Wildman–Crippen LogP) is 4.12. The molecule has 2 N–H and O–H groups in total. The molecule has 1 aliphatic carbocycles. The molecule has 8 heteroatoms. The fourth-order valence-corrected chi connectivity index (χ4v) is 4.92. The first-order chi connectivity index (χ1) is 16.4. The predicted molar refractivity (Wildman–Crippen MR) is 129 cm³/mol. The normalized spacial score (nSPS) is 20.1. The molecule has 2 aromatic rings. The highest BCUT2D eigenvalue weighted by Gasteiger charge is 2.39. The molecule has 2 fully saturated rings. The van der Waals surface area contributed by atoms with Crippen molar-refractivity contribution >= 4 is 22.9 Å². The summed E-state index contributed by atoms with van der Waals surface area (Å²) in [6, 6.07) is 6.34. The number of carbonyl (C=O) groups excluding carboxylic acids is 1. The second-order valence-electron chi connectivity index (χ2n) is 9.41. The van der Waals surface area contributed by atoms with Crippen molar-refractivity contribution in [2.24, 2.45) is 11.8 Å². The third-order valence-corrected chi connectivity index (χ3v) is 6.82. The van der Waals surface area contributed by atoms with Crippen LogP contribution < -0.4 is 15.6 Å². The quantitative estimate of drug-likeness (QED) is 0.612. The van der Waals surface area contributed by atoms with Gasteiger partial charge in [0.05, 0.1) is 18.4 Å². The lowest BCUT2D eigenvalue weighted by atomic mass is 10.0. The second kappa shape index (κ2) is 9.18. The van der Waals surface area contributed by atoms with E-state index in [9.17, 15) is 13.6 Å². The van der Waals surface area contributed by atoms with Crippen molar-refractivity contribution in [3.05, 3.63) is 71.7 Å². The number of hydrogen-bond donors (Lipinski definition) is 2. The van der Waals surface area contributed by atoms with Gasteiger partial charge in [0.1, 0.15) is 11.6 Å². The van der Waals surface area contributed by atoms with Gasteiger partial charge in [-0.1, -0.05) is 12.6 Å². The van der Waals surface area contributed by atoms with Crippen LogP contribution in [0.2, 0.25) is 0 Å². The Hall–Kier alpha value is -3.26. The molecule has 1 saturated carbocycles. The molecular formula is C26H29F2N5O. The van der Waals surface area contributed by atoms with Crippen LogP contribution in [0, 0.1) is 23.5 Å². The van der Waals surface area contributed by atoms with Crippen molar-refractivity contribution in [1.29, 1.82) is 0 Å². The molecule has 0 amide bonds. The van der Waals surface area contributed by atoms with Gasteiger partial charge in [-0.3, -0.25) is 4.79 Å². The van der Waals surface area contributed by atoms with Gasteiger partial charge in [0, 0.05) is 50.4 Å². The summed E-state index contributed by atoms with van der Waals surface area (Å²) >= 11 is 0. The Balaban J connectivity index is 1.22. The van der Waals surface area contributed by atoms with Gasteiger partial charge in [-0.25, -0.2) is 19.2 Å². The first-order valence-corrected chi connectivity index (χ1v) is 11.7. The maximum absolute atomic E-state index is 14.6. The van der Waals surface area contributed by atoms with Crippen molar-refractivity contribution in [1.82, 2.24) is 15.4 Å². The minimum Gasteiger partial charge on any atom is -0.363 e. The third-order valence-electron chi connectivity index (χ3n) is 6.82. The molecule has 34 heavy (non-hydrogen) atoms. The average Bonchev–Trinajstić information content (AvgIpc) is 3.43. The highest BCUT2D eigenvalue weighted by Crippen LogP contribution is 2.47. The summed E-state index contributed by atoms with van der Waals surface area (Å²) in [5, 5.41) is 4.82. The maximum atomic E-state index is 14.6. The Morgan fingerprint density at radius 3 is 2.79 bits per heavy atom. The van der Waals surface area contributed by atoms with E-state index in [-0.39, 0.29) is 24.6 Å². The highest BCUT2D eigenvalue weighted by molar-refractivity contribution is 5.85. The fraction of sp³-hybridized carbons (Fsp3) is 0.385. The first kappa shape index (κ1) is 22.5. The summed E-state index contributed by atoms with van der Waals surface area (Å²) in [6.07, 6.45) is 6.62. The van der Waals surface area contributed by atoms with Gasteiger partial charge in [0.15, 0.2) is 11.6 Å². The topological polar surface area (TPSA) is 60.5 Å². The molecule has 0 radical (unpaired) electrons. The minimum absolute atomic E-state index is 0.0164. The number of benzene rings is 1. The lowest BCUT2D eigenvalue weighted by Gasteiger charge is -2.22. The smallest absolute Gasteiger partial charge is 0.165 e. The number of ketones is 1. The zero-order valence-electron chi connectivity index (χ0n) is 19.3. The summed E-state index contributed by atoms with van der Waals surface area (Å²) in [5.74, 6) is 0.657. The number of nitrogens with one attached hydrogen (secondary N) is 2. The van der Waals surface area contributed by atoms with Crippen molar-refractivity contribution in [2.45, 2.75) is 25.7 Å². The summed E-state index contributed by atoms with van der Waals surface area (Å²) in [4.78, 5) is 18.7. The second-order valence-corrected chi connectivity index (χ2v) is 9.41. The van der Waals surface area contributed by atoms with Crippen LogP contribution in [0.15, 0.2) is 48.9 Å². The molecule has 0 bridgehead atoms. The third kappa shape index (κ3) is 4.82. The van der Waals surface area contributed by atoms with Gasteiger partial charge in [-0.15, -0.1) is 0 Å². The largest absolute Gasteiger partial charge is 0.363 e. The molecule has 1 atom stereocenters. The van der Waals surface area contributed by atoms with Crippen molar-refractivity contribution in [3.63, 3.8) is 0 Å². The van der Waals surface area contributed by atoms with Gasteiger partial charge in [0.2, 0.25) is 0 Å². The standard InChI is InChI=1S/C26H29F2N5O/c1-16-23(18-3-4-18)5-6-33(16)25-11-26(30-14-24(25)28)29-13-22(34)9-17-7-19(10-21(27)8-17)20-12-31-32(2)15-20/h7-8,10-11,14-15,18,23,31H,1,3-6,9,12-13H2,2H3,(H,29,30). The van der Waals surface area contributed by atoms with Gasteiger partial charge < -0.3 is 15.2 Å². The summed E-state index contributed by atoms with van der Waals surface area (Å²) in [7, 11) is 1.88. The minimum atomic E-state index is -0.400. The molecular weight excluding hydrogens is 436 g/mol. The van der Waals surface area contributed by atoms with E-state index in [0.29, 0.717) is 35.4 Å². The van der Waals surface area contributed by atoms with E-state index in [1.165, 1.54) is 31.2 Å².